The van der Waals surface area contributed by atoms with Crippen molar-refractivity contribution < 1.29 is 14.2 Å². The highest BCUT2D eigenvalue weighted by atomic mass is 35.5. The summed E-state index contributed by atoms with van der Waals surface area (Å²) in [5.41, 5.74) is 2.69. The first-order valence-corrected chi connectivity index (χ1v) is 8.27. The quantitative estimate of drug-likeness (QED) is 0.507. The van der Waals surface area contributed by atoms with Crippen molar-refractivity contribution in [1.82, 2.24) is 0 Å². The molecule has 1 aliphatic rings. The van der Waals surface area contributed by atoms with Gasteiger partial charge in [0.15, 0.2) is 11.5 Å². The standard InChI is InChI=1S/C21H18N2O3.ClH/c1-24-18-10-8-17(9-11-18)23-21(22-16-5-3-2-4-6-16)15-7-12-19-20(13-15)26-14-25-19;/h2-13H,14H2,1H3,(H,22,23);1H. The highest BCUT2D eigenvalue weighted by molar-refractivity contribution is 6.09. The van der Waals surface area contributed by atoms with Gasteiger partial charge >= 0.3 is 0 Å². The van der Waals surface area contributed by atoms with E-state index in [1.807, 2.05) is 72.8 Å². The summed E-state index contributed by atoms with van der Waals surface area (Å²) in [5.74, 6) is 2.99. The van der Waals surface area contributed by atoms with Crippen molar-refractivity contribution in [2.24, 2.45) is 4.99 Å². The molecule has 1 aliphatic heterocycles. The molecule has 0 atom stereocenters. The number of amidine groups is 1. The molecule has 0 amide bonds. The molecule has 3 aromatic rings. The molecule has 0 spiro atoms. The first-order valence-electron chi connectivity index (χ1n) is 8.27. The molecular weight excluding hydrogens is 364 g/mol. The van der Waals surface area contributed by atoms with Gasteiger partial charge in [-0.3, -0.25) is 0 Å². The van der Waals surface area contributed by atoms with E-state index >= 15 is 0 Å². The second-order valence-corrected chi connectivity index (χ2v) is 5.72. The summed E-state index contributed by atoms with van der Waals surface area (Å²) in [4.78, 5) is 4.78. The van der Waals surface area contributed by atoms with Crippen molar-refractivity contribution in [2.45, 2.75) is 0 Å². The predicted molar refractivity (Wildman–Crippen MR) is 109 cm³/mol. The van der Waals surface area contributed by atoms with Gasteiger partial charge in [-0.15, -0.1) is 12.4 Å². The van der Waals surface area contributed by atoms with Crippen LogP contribution in [0.5, 0.6) is 17.2 Å². The Morgan fingerprint density at radius 1 is 0.926 bits per heavy atom. The molecular formula is C21H19ClN2O3. The zero-order chi connectivity index (χ0) is 17.8. The van der Waals surface area contributed by atoms with Gasteiger partial charge < -0.3 is 19.5 Å². The molecule has 6 heteroatoms. The fraction of sp³-hybridized carbons (Fsp3) is 0.0952. The molecule has 1 heterocycles. The molecule has 0 saturated carbocycles. The van der Waals surface area contributed by atoms with Crippen LogP contribution in [0.3, 0.4) is 0 Å². The molecule has 4 rings (SSSR count). The van der Waals surface area contributed by atoms with E-state index in [0.29, 0.717) is 0 Å². The number of nitrogens with one attached hydrogen (secondary N) is 1. The van der Waals surface area contributed by atoms with Crippen molar-refractivity contribution in [3.63, 3.8) is 0 Å². The molecule has 0 aliphatic carbocycles. The maximum Gasteiger partial charge on any atom is 0.231 e. The Labute approximate surface area is 164 Å². The van der Waals surface area contributed by atoms with E-state index in [9.17, 15) is 0 Å². The second kappa shape index (κ2) is 8.47. The molecule has 0 bridgehead atoms. The smallest absolute Gasteiger partial charge is 0.231 e. The van der Waals surface area contributed by atoms with Gasteiger partial charge in [0.2, 0.25) is 6.79 Å². The fourth-order valence-corrected chi connectivity index (χ4v) is 2.65. The third kappa shape index (κ3) is 4.33. The predicted octanol–water partition coefficient (Wildman–Crippen LogP) is 5.04. The van der Waals surface area contributed by atoms with Crippen molar-refractivity contribution >= 4 is 29.6 Å². The second-order valence-electron chi connectivity index (χ2n) is 5.72. The van der Waals surface area contributed by atoms with Crippen LogP contribution in [-0.2, 0) is 0 Å². The molecule has 0 radical (unpaired) electrons. The summed E-state index contributed by atoms with van der Waals surface area (Å²) in [6.07, 6.45) is 0. The van der Waals surface area contributed by atoms with Crippen molar-refractivity contribution in [3.8, 4) is 17.2 Å². The summed E-state index contributed by atoms with van der Waals surface area (Å²) in [6.45, 7) is 0.246. The van der Waals surface area contributed by atoms with Crippen LogP contribution in [0.2, 0.25) is 0 Å². The van der Waals surface area contributed by atoms with E-state index < -0.39 is 0 Å². The van der Waals surface area contributed by atoms with Crippen LogP contribution in [0.1, 0.15) is 5.56 Å². The Morgan fingerprint density at radius 2 is 1.67 bits per heavy atom. The Kier molecular flexibility index (Phi) is 5.84. The van der Waals surface area contributed by atoms with Crippen LogP contribution in [0.15, 0.2) is 77.8 Å². The van der Waals surface area contributed by atoms with Crippen LogP contribution in [0, 0.1) is 0 Å². The molecule has 27 heavy (non-hydrogen) atoms. The Bertz CT molecular complexity index is 928. The van der Waals surface area contributed by atoms with E-state index in [4.69, 9.17) is 19.2 Å². The molecule has 0 fully saturated rings. The summed E-state index contributed by atoms with van der Waals surface area (Å²) < 4.78 is 16.1. The zero-order valence-corrected chi connectivity index (χ0v) is 15.5. The van der Waals surface area contributed by atoms with Gasteiger partial charge in [-0.25, -0.2) is 4.99 Å². The number of methoxy groups -OCH3 is 1. The van der Waals surface area contributed by atoms with Crippen molar-refractivity contribution in [2.75, 3.05) is 19.2 Å². The number of ether oxygens (including phenoxy) is 3. The fourth-order valence-electron chi connectivity index (χ4n) is 2.65. The monoisotopic (exact) mass is 382 g/mol. The summed E-state index contributed by atoms with van der Waals surface area (Å²) in [5, 5.41) is 3.39. The van der Waals surface area contributed by atoms with Crippen LogP contribution in [-0.4, -0.2) is 19.7 Å². The van der Waals surface area contributed by atoms with E-state index in [0.717, 1.165) is 40.0 Å². The van der Waals surface area contributed by atoms with Crippen LogP contribution in [0.4, 0.5) is 11.4 Å². The van der Waals surface area contributed by atoms with Gasteiger partial charge in [-0.1, -0.05) is 18.2 Å². The Hall–Kier alpha value is -3.18. The lowest BCUT2D eigenvalue weighted by molar-refractivity contribution is 0.174. The topological polar surface area (TPSA) is 52.1 Å². The van der Waals surface area contributed by atoms with E-state index in [-0.39, 0.29) is 19.2 Å². The first-order chi connectivity index (χ1) is 12.8. The van der Waals surface area contributed by atoms with E-state index in [2.05, 4.69) is 5.32 Å². The van der Waals surface area contributed by atoms with Crippen molar-refractivity contribution in [3.05, 3.63) is 78.4 Å². The van der Waals surface area contributed by atoms with Crippen LogP contribution in [0.25, 0.3) is 0 Å². The third-order valence-corrected chi connectivity index (χ3v) is 4.00. The number of rotatable bonds is 4. The number of fused-ring (bicyclic) bond motifs is 1. The van der Waals surface area contributed by atoms with E-state index in [1.165, 1.54) is 0 Å². The minimum atomic E-state index is 0. The maximum absolute atomic E-state index is 5.50. The number of anilines is 1. The molecule has 0 saturated heterocycles. The van der Waals surface area contributed by atoms with Gasteiger partial charge in [0, 0.05) is 11.3 Å². The van der Waals surface area contributed by atoms with Gasteiger partial charge in [0.1, 0.15) is 11.6 Å². The van der Waals surface area contributed by atoms with Gasteiger partial charge in [0.05, 0.1) is 12.8 Å². The third-order valence-electron chi connectivity index (χ3n) is 4.00. The molecule has 5 nitrogen and oxygen atoms in total. The van der Waals surface area contributed by atoms with Crippen LogP contribution >= 0.6 is 12.4 Å². The van der Waals surface area contributed by atoms with Crippen molar-refractivity contribution in [1.29, 1.82) is 0 Å². The molecule has 1 N–H and O–H groups in total. The average molecular weight is 383 g/mol. The lowest BCUT2D eigenvalue weighted by Crippen LogP contribution is -2.13. The minimum absolute atomic E-state index is 0. The number of nitrogens with zero attached hydrogens (tertiary/aromatic N) is 1. The number of aliphatic imine (C=N–C) groups is 1. The lowest BCUT2D eigenvalue weighted by Gasteiger charge is -2.11. The minimum Gasteiger partial charge on any atom is -0.497 e. The maximum atomic E-state index is 5.50. The molecule has 0 unspecified atom stereocenters. The summed E-state index contributed by atoms with van der Waals surface area (Å²) in [6, 6.07) is 23.3. The molecule has 138 valence electrons. The molecule has 0 aromatic heterocycles. The largest absolute Gasteiger partial charge is 0.497 e. The number of hydrogen-bond acceptors (Lipinski definition) is 4. The summed E-state index contributed by atoms with van der Waals surface area (Å²) >= 11 is 0. The normalized spacial score (nSPS) is 12.3. The SMILES string of the molecule is COc1ccc(N=C(Nc2ccccc2)c2ccc3c(c2)OCO3)cc1.Cl. The number of halogens is 1. The van der Waals surface area contributed by atoms with E-state index in [1.54, 1.807) is 7.11 Å². The zero-order valence-electron chi connectivity index (χ0n) is 14.7. The first kappa shape index (κ1) is 18.6. The summed E-state index contributed by atoms with van der Waals surface area (Å²) in [7, 11) is 1.65. The highest BCUT2D eigenvalue weighted by Gasteiger charge is 2.15. The Morgan fingerprint density at radius 3 is 2.41 bits per heavy atom. The van der Waals surface area contributed by atoms with Gasteiger partial charge in [-0.05, 0) is 54.6 Å². The van der Waals surface area contributed by atoms with Gasteiger partial charge in [-0.2, -0.15) is 0 Å². The average Bonchev–Trinajstić information content (AvgIpc) is 3.17. The lowest BCUT2D eigenvalue weighted by atomic mass is 10.1. The number of benzene rings is 3. The van der Waals surface area contributed by atoms with Gasteiger partial charge in [0.25, 0.3) is 0 Å². The number of para-hydroxylation sites is 1. The van der Waals surface area contributed by atoms with Crippen LogP contribution < -0.4 is 19.5 Å². The Balaban J connectivity index is 0.00000210. The highest BCUT2D eigenvalue weighted by Crippen LogP contribution is 2.33. The molecule has 3 aromatic carbocycles. The number of hydrogen-bond donors (Lipinski definition) is 1.